The molecule has 1 aliphatic heterocycles. The molecule has 0 unspecified atom stereocenters. The predicted molar refractivity (Wildman–Crippen MR) is 95.1 cm³/mol. The first-order chi connectivity index (χ1) is 11.2. The monoisotopic (exact) mass is 355 g/mol. The van der Waals surface area contributed by atoms with Gasteiger partial charge in [0, 0.05) is 44.2 Å². The van der Waals surface area contributed by atoms with Gasteiger partial charge in [-0.05, 0) is 34.6 Å². The summed E-state index contributed by atoms with van der Waals surface area (Å²) in [4.78, 5) is 21.2. The molecule has 0 radical (unpaired) electrons. The third kappa shape index (κ3) is 4.91. The average molecular weight is 356 g/mol. The number of piperazine rings is 1. The van der Waals surface area contributed by atoms with Crippen LogP contribution in [0, 0.1) is 0 Å². The Morgan fingerprint density at radius 1 is 1.33 bits per heavy atom. The molecular weight excluding hydrogens is 326 g/mol. The summed E-state index contributed by atoms with van der Waals surface area (Å²) in [6, 6.07) is 0.351. The van der Waals surface area contributed by atoms with Gasteiger partial charge in [0.2, 0.25) is 0 Å². The fourth-order valence-corrected chi connectivity index (χ4v) is 3.58. The molecule has 2 heterocycles. The fraction of sp³-hybridized carbons (Fsp3) is 0.765. The van der Waals surface area contributed by atoms with Crippen molar-refractivity contribution >= 4 is 17.4 Å². The number of aromatic nitrogens is 1. The Morgan fingerprint density at radius 3 is 2.67 bits per heavy atom. The van der Waals surface area contributed by atoms with Crippen molar-refractivity contribution in [1.29, 1.82) is 0 Å². The van der Waals surface area contributed by atoms with Gasteiger partial charge in [0.15, 0.2) is 0 Å². The molecule has 1 aromatic heterocycles. The summed E-state index contributed by atoms with van der Waals surface area (Å²) in [5.74, 6) is 0. The summed E-state index contributed by atoms with van der Waals surface area (Å²) >= 11 is 1.63. The number of hydrogen-bond acceptors (Lipinski definition) is 6. The summed E-state index contributed by atoms with van der Waals surface area (Å²) in [6.45, 7) is 12.8. The third-order valence-electron chi connectivity index (χ3n) is 4.25. The molecule has 1 aromatic rings. The zero-order valence-corrected chi connectivity index (χ0v) is 16.4. The molecule has 0 saturated carbocycles. The average Bonchev–Trinajstić information content (AvgIpc) is 2.90. The van der Waals surface area contributed by atoms with E-state index in [4.69, 9.17) is 9.47 Å². The lowest BCUT2D eigenvalue weighted by atomic mass is 10.0. The van der Waals surface area contributed by atoms with Gasteiger partial charge in [0.1, 0.15) is 10.6 Å². The molecule has 1 amide bonds. The van der Waals surface area contributed by atoms with E-state index < -0.39 is 5.60 Å². The molecule has 2 atom stereocenters. The van der Waals surface area contributed by atoms with Crippen molar-refractivity contribution in [3.8, 4) is 0 Å². The number of nitrogens with zero attached hydrogens (tertiary/aromatic N) is 3. The van der Waals surface area contributed by atoms with Gasteiger partial charge in [-0.25, -0.2) is 9.78 Å². The number of hydrogen-bond donors (Lipinski definition) is 0. The highest BCUT2D eigenvalue weighted by Crippen LogP contribution is 2.22. The minimum Gasteiger partial charge on any atom is -0.444 e. The third-order valence-corrected chi connectivity index (χ3v) is 5.13. The van der Waals surface area contributed by atoms with E-state index in [-0.39, 0.29) is 18.2 Å². The maximum absolute atomic E-state index is 12.4. The Labute approximate surface area is 148 Å². The number of carbonyl (C=O) groups excluding carboxylic acids is 1. The van der Waals surface area contributed by atoms with Gasteiger partial charge in [-0.2, -0.15) is 0 Å². The van der Waals surface area contributed by atoms with Gasteiger partial charge in [-0.15, -0.1) is 11.3 Å². The summed E-state index contributed by atoms with van der Waals surface area (Å²) < 4.78 is 10.6. The van der Waals surface area contributed by atoms with Crippen LogP contribution in [0.3, 0.4) is 0 Å². The van der Waals surface area contributed by atoms with E-state index in [1.165, 1.54) is 0 Å². The van der Waals surface area contributed by atoms with Crippen molar-refractivity contribution in [3.63, 3.8) is 0 Å². The zero-order chi connectivity index (χ0) is 17.9. The first-order valence-corrected chi connectivity index (χ1v) is 9.25. The van der Waals surface area contributed by atoms with Gasteiger partial charge in [0.25, 0.3) is 0 Å². The smallest absolute Gasteiger partial charge is 0.410 e. The second kappa shape index (κ2) is 7.80. The van der Waals surface area contributed by atoms with Gasteiger partial charge in [0.05, 0.1) is 12.3 Å². The Bertz CT molecular complexity index is 556. The summed E-state index contributed by atoms with van der Waals surface area (Å²) in [7, 11) is 1.68. The maximum Gasteiger partial charge on any atom is 0.410 e. The number of ether oxygens (including phenoxy) is 2. The molecule has 7 heteroatoms. The van der Waals surface area contributed by atoms with Crippen molar-refractivity contribution in [2.45, 2.75) is 65.5 Å². The first kappa shape index (κ1) is 19.1. The topological polar surface area (TPSA) is 54.9 Å². The molecule has 0 aliphatic carbocycles. The van der Waals surface area contributed by atoms with Crippen molar-refractivity contribution in [2.24, 2.45) is 0 Å². The SMILES string of the molecule is COCc1nc(CN2CCN(C(=O)OC(C)(C)C)[C@@H](C)[C@H]2C)cs1. The predicted octanol–water partition coefficient (Wildman–Crippen LogP) is 3.12. The fourth-order valence-electron chi connectivity index (χ4n) is 2.83. The second-order valence-electron chi connectivity index (χ2n) is 7.29. The number of amides is 1. The number of rotatable bonds is 4. The van der Waals surface area contributed by atoms with E-state index in [1.54, 1.807) is 18.4 Å². The van der Waals surface area contributed by atoms with Crippen LogP contribution in [-0.2, 0) is 22.6 Å². The molecule has 0 spiro atoms. The molecule has 0 aromatic carbocycles. The molecule has 24 heavy (non-hydrogen) atoms. The van der Waals surface area contributed by atoms with E-state index in [9.17, 15) is 4.79 Å². The van der Waals surface area contributed by atoms with Gasteiger partial charge in [-0.3, -0.25) is 4.90 Å². The van der Waals surface area contributed by atoms with E-state index in [0.717, 1.165) is 23.8 Å². The van der Waals surface area contributed by atoms with Gasteiger partial charge in [-0.1, -0.05) is 0 Å². The molecule has 1 saturated heterocycles. The summed E-state index contributed by atoms with van der Waals surface area (Å²) in [5, 5.41) is 3.09. The molecule has 136 valence electrons. The van der Waals surface area contributed by atoms with Crippen LogP contribution in [0.1, 0.15) is 45.3 Å². The van der Waals surface area contributed by atoms with E-state index >= 15 is 0 Å². The van der Waals surface area contributed by atoms with Crippen LogP contribution in [0.5, 0.6) is 0 Å². The normalized spacial score (nSPS) is 22.7. The number of carbonyl (C=O) groups is 1. The lowest BCUT2D eigenvalue weighted by Gasteiger charge is -2.44. The lowest BCUT2D eigenvalue weighted by molar-refractivity contribution is -0.0146. The second-order valence-corrected chi connectivity index (χ2v) is 8.23. The van der Waals surface area contributed by atoms with Gasteiger partial charge >= 0.3 is 6.09 Å². The first-order valence-electron chi connectivity index (χ1n) is 8.37. The molecule has 1 fully saturated rings. The number of thiazole rings is 1. The highest BCUT2D eigenvalue weighted by molar-refractivity contribution is 7.09. The molecule has 6 nitrogen and oxygen atoms in total. The van der Waals surface area contributed by atoms with Crippen LogP contribution >= 0.6 is 11.3 Å². The van der Waals surface area contributed by atoms with Crippen LogP contribution in [-0.4, -0.2) is 58.8 Å². The Kier molecular flexibility index (Phi) is 6.22. The van der Waals surface area contributed by atoms with E-state index in [2.05, 4.69) is 29.1 Å². The van der Waals surface area contributed by atoms with Crippen molar-refractivity contribution in [2.75, 3.05) is 20.2 Å². The molecule has 1 aliphatic rings. The molecular formula is C17H29N3O3S. The van der Waals surface area contributed by atoms with Crippen molar-refractivity contribution < 1.29 is 14.3 Å². The highest BCUT2D eigenvalue weighted by atomic mass is 32.1. The molecule has 0 bridgehead atoms. The standard InChI is InChI=1S/C17H29N3O3S/c1-12-13(2)20(16(21)23-17(3,4)5)8-7-19(12)9-14-11-24-15(18-14)10-22-6/h11-13H,7-10H2,1-6H3/t12-,13+/m1/s1. The zero-order valence-electron chi connectivity index (χ0n) is 15.5. The van der Waals surface area contributed by atoms with Crippen molar-refractivity contribution in [1.82, 2.24) is 14.8 Å². The quantitative estimate of drug-likeness (QED) is 0.831. The molecule has 2 rings (SSSR count). The summed E-state index contributed by atoms with van der Waals surface area (Å²) in [5.41, 5.74) is 0.604. The Balaban J connectivity index is 1.96. The minimum absolute atomic E-state index is 0.102. The van der Waals surface area contributed by atoms with Crippen LogP contribution in [0.4, 0.5) is 4.79 Å². The van der Waals surface area contributed by atoms with Crippen LogP contribution in [0.25, 0.3) is 0 Å². The van der Waals surface area contributed by atoms with Gasteiger partial charge < -0.3 is 14.4 Å². The van der Waals surface area contributed by atoms with Crippen LogP contribution in [0.2, 0.25) is 0 Å². The van der Waals surface area contributed by atoms with E-state index in [1.807, 2.05) is 25.7 Å². The Morgan fingerprint density at radius 2 is 2.04 bits per heavy atom. The summed E-state index contributed by atoms with van der Waals surface area (Å²) in [6.07, 6.45) is -0.225. The number of methoxy groups -OCH3 is 1. The van der Waals surface area contributed by atoms with Crippen LogP contribution in [0.15, 0.2) is 5.38 Å². The van der Waals surface area contributed by atoms with Crippen LogP contribution < -0.4 is 0 Å². The van der Waals surface area contributed by atoms with E-state index in [0.29, 0.717) is 13.2 Å². The lowest BCUT2D eigenvalue weighted by Crippen LogP contribution is -2.59. The highest BCUT2D eigenvalue weighted by Gasteiger charge is 2.35. The maximum atomic E-state index is 12.4. The Hall–Kier alpha value is -1.18. The molecule has 0 N–H and O–H groups in total. The largest absolute Gasteiger partial charge is 0.444 e. The van der Waals surface area contributed by atoms with Crippen molar-refractivity contribution in [3.05, 3.63) is 16.1 Å². The minimum atomic E-state index is -0.463.